The van der Waals surface area contributed by atoms with Gasteiger partial charge in [0.1, 0.15) is 11.9 Å². The Bertz CT molecular complexity index is 1280. The van der Waals surface area contributed by atoms with Crippen LogP contribution in [0, 0.1) is 5.41 Å². The number of nitrogens with two attached hydrogens (primary N) is 1. The summed E-state index contributed by atoms with van der Waals surface area (Å²) in [5, 5.41) is 10.6. The van der Waals surface area contributed by atoms with Gasteiger partial charge < -0.3 is 20.5 Å². The van der Waals surface area contributed by atoms with Crippen LogP contribution in [0.15, 0.2) is 77.7 Å². The van der Waals surface area contributed by atoms with Crippen molar-refractivity contribution in [2.24, 2.45) is 5.73 Å². The number of amidine groups is 1. The molecule has 3 aromatic carbocycles. The van der Waals surface area contributed by atoms with Crippen LogP contribution in [-0.4, -0.2) is 33.4 Å². The van der Waals surface area contributed by atoms with Gasteiger partial charge in [-0.3, -0.25) is 10.2 Å². The van der Waals surface area contributed by atoms with Crippen LogP contribution in [-0.2, 0) is 14.8 Å². The van der Waals surface area contributed by atoms with Gasteiger partial charge in [-0.25, -0.2) is 13.1 Å². The first-order valence-corrected chi connectivity index (χ1v) is 12.5. The highest BCUT2D eigenvalue weighted by Gasteiger charge is 2.27. The number of nitrogen functional groups attached to an aromatic ring is 1. The summed E-state index contributed by atoms with van der Waals surface area (Å²) in [5.74, 6) is 0.0769. The summed E-state index contributed by atoms with van der Waals surface area (Å²) in [6, 6.07) is 18.1. The van der Waals surface area contributed by atoms with E-state index in [-0.39, 0.29) is 10.7 Å². The topological polar surface area (TPSA) is 144 Å². The van der Waals surface area contributed by atoms with Gasteiger partial charge in [0.05, 0.1) is 18.1 Å². The third-order valence-corrected chi connectivity index (χ3v) is 6.32. The summed E-state index contributed by atoms with van der Waals surface area (Å²) in [5.41, 5.74) is 7.03. The number of carbonyl (C=O) groups is 1. The first-order valence-electron chi connectivity index (χ1n) is 11.0. The maximum absolute atomic E-state index is 13.3. The van der Waals surface area contributed by atoms with Crippen molar-refractivity contribution in [1.82, 2.24) is 4.72 Å². The number of anilines is 1. The summed E-state index contributed by atoms with van der Waals surface area (Å²) in [7, 11) is -4.10. The molecule has 0 aliphatic rings. The summed E-state index contributed by atoms with van der Waals surface area (Å²) in [6.07, 6.45) is 0. The van der Waals surface area contributed by atoms with Gasteiger partial charge >= 0.3 is 0 Å². The van der Waals surface area contributed by atoms with E-state index in [1.54, 1.807) is 60.7 Å². The number of sulfonamides is 1. The largest absolute Gasteiger partial charge is 0.490 e. The molecule has 3 rings (SSSR count). The lowest BCUT2D eigenvalue weighted by Gasteiger charge is -2.22. The molecule has 0 bridgehead atoms. The van der Waals surface area contributed by atoms with Crippen molar-refractivity contribution in [3.05, 3.63) is 83.9 Å². The molecule has 1 amide bonds. The zero-order valence-electron chi connectivity index (χ0n) is 19.4. The molecule has 0 saturated carbocycles. The van der Waals surface area contributed by atoms with Crippen molar-refractivity contribution in [2.75, 3.05) is 18.5 Å². The zero-order chi connectivity index (χ0) is 25.4. The Kier molecular flexibility index (Phi) is 8.32. The van der Waals surface area contributed by atoms with E-state index in [0.717, 1.165) is 0 Å². The number of rotatable bonds is 11. The lowest BCUT2D eigenvalue weighted by Crippen LogP contribution is -2.37. The second kappa shape index (κ2) is 11.4. The number of hydrogen-bond donors (Lipinski definition) is 4. The van der Waals surface area contributed by atoms with E-state index < -0.39 is 22.0 Å². The fraction of sp³-hybridized carbons (Fsp3) is 0.200. The SMILES string of the molecule is CCOc1ccc(C(Nc2ccc(C(=N)N)cc2)C(=O)NS(=O)(=O)c2ccccc2)cc1OCC. The Labute approximate surface area is 204 Å². The van der Waals surface area contributed by atoms with Crippen LogP contribution in [0.25, 0.3) is 0 Å². The molecule has 1 atom stereocenters. The average Bonchev–Trinajstić information content (AvgIpc) is 2.84. The number of nitrogens with one attached hydrogen (secondary N) is 3. The van der Waals surface area contributed by atoms with Gasteiger partial charge in [0.2, 0.25) is 0 Å². The molecule has 0 aromatic heterocycles. The molecular formula is C25H28N4O5S. The standard InChI is InChI=1S/C25H28N4O5S/c1-3-33-21-15-12-18(16-22(21)34-4-2)23(28-19-13-10-17(11-14-19)24(26)27)25(30)29-35(31,32)20-8-6-5-7-9-20/h5-16,23,28H,3-4H2,1-2H3,(H3,26,27)(H,29,30). The molecule has 3 aromatic rings. The number of amides is 1. The monoisotopic (exact) mass is 496 g/mol. The van der Waals surface area contributed by atoms with Crippen molar-refractivity contribution in [3.63, 3.8) is 0 Å². The van der Waals surface area contributed by atoms with Gasteiger partial charge in [0.25, 0.3) is 15.9 Å². The minimum absolute atomic E-state index is 0.0281. The fourth-order valence-electron chi connectivity index (χ4n) is 3.31. The Balaban J connectivity index is 1.99. The van der Waals surface area contributed by atoms with Crippen molar-refractivity contribution in [2.45, 2.75) is 24.8 Å². The summed E-state index contributed by atoms with van der Waals surface area (Å²) in [4.78, 5) is 13.3. The molecule has 0 spiro atoms. The summed E-state index contributed by atoms with van der Waals surface area (Å²) < 4.78 is 39.1. The van der Waals surface area contributed by atoms with Gasteiger partial charge in [-0.2, -0.15) is 0 Å². The third-order valence-electron chi connectivity index (χ3n) is 4.96. The second-order valence-electron chi connectivity index (χ2n) is 7.42. The lowest BCUT2D eigenvalue weighted by molar-refractivity contribution is -0.120. The van der Waals surface area contributed by atoms with E-state index in [9.17, 15) is 13.2 Å². The molecular weight excluding hydrogens is 468 g/mol. The Morgan fingerprint density at radius 1 is 0.943 bits per heavy atom. The molecule has 1 unspecified atom stereocenters. The molecule has 9 nitrogen and oxygen atoms in total. The predicted octanol–water partition coefficient (Wildman–Crippen LogP) is 3.43. The number of hydrogen-bond acceptors (Lipinski definition) is 7. The van der Waals surface area contributed by atoms with E-state index in [0.29, 0.717) is 41.5 Å². The summed E-state index contributed by atoms with van der Waals surface area (Å²) in [6.45, 7) is 4.48. The molecule has 0 aliphatic carbocycles. The van der Waals surface area contributed by atoms with E-state index in [1.807, 2.05) is 13.8 Å². The van der Waals surface area contributed by atoms with Crippen molar-refractivity contribution >= 4 is 27.5 Å². The highest BCUT2D eigenvalue weighted by atomic mass is 32.2. The van der Waals surface area contributed by atoms with Crippen LogP contribution in [0.5, 0.6) is 11.5 Å². The fourth-order valence-corrected chi connectivity index (χ4v) is 4.33. The minimum atomic E-state index is -4.10. The van der Waals surface area contributed by atoms with Gasteiger partial charge in [-0.15, -0.1) is 0 Å². The molecule has 184 valence electrons. The first kappa shape index (κ1) is 25.6. The number of benzene rings is 3. The Hall–Kier alpha value is -4.05. The molecule has 0 fully saturated rings. The van der Waals surface area contributed by atoms with Gasteiger partial charge in [0.15, 0.2) is 11.5 Å². The van der Waals surface area contributed by atoms with Crippen molar-refractivity contribution in [1.29, 1.82) is 5.41 Å². The van der Waals surface area contributed by atoms with Crippen LogP contribution < -0.4 is 25.2 Å². The van der Waals surface area contributed by atoms with Gasteiger partial charge in [-0.05, 0) is 67.9 Å². The Morgan fingerprint density at radius 2 is 1.57 bits per heavy atom. The first-order chi connectivity index (χ1) is 16.7. The van der Waals surface area contributed by atoms with Gasteiger partial charge in [0, 0.05) is 11.3 Å². The Morgan fingerprint density at radius 3 is 2.17 bits per heavy atom. The molecule has 10 heteroatoms. The lowest BCUT2D eigenvalue weighted by atomic mass is 10.0. The highest BCUT2D eigenvalue weighted by molar-refractivity contribution is 7.90. The summed E-state index contributed by atoms with van der Waals surface area (Å²) >= 11 is 0. The van der Waals surface area contributed by atoms with E-state index in [2.05, 4.69) is 10.0 Å². The quantitative estimate of drug-likeness (QED) is 0.235. The van der Waals surface area contributed by atoms with E-state index in [1.165, 1.54) is 12.1 Å². The molecule has 5 N–H and O–H groups in total. The molecule has 0 saturated heterocycles. The minimum Gasteiger partial charge on any atom is -0.490 e. The van der Waals surface area contributed by atoms with Crippen LogP contribution in [0.4, 0.5) is 5.69 Å². The maximum atomic E-state index is 13.3. The number of carbonyl (C=O) groups excluding carboxylic acids is 1. The van der Waals surface area contributed by atoms with E-state index in [4.69, 9.17) is 20.6 Å². The van der Waals surface area contributed by atoms with Crippen LogP contribution in [0.2, 0.25) is 0 Å². The molecule has 0 radical (unpaired) electrons. The average molecular weight is 497 g/mol. The number of ether oxygens (including phenoxy) is 2. The van der Waals surface area contributed by atoms with E-state index >= 15 is 0 Å². The van der Waals surface area contributed by atoms with Crippen molar-refractivity contribution in [3.8, 4) is 11.5 Å². The smallest absolute Gasteiger partial charge is 0.264 e. The predicted molar refractivity (Wildman–Crippen MR) is 134 cm³/mol. The molecule has 0 heterocycles. The zero-order valence-corrected chi connectivity index (χ0v) is 20.3. The maximum Gasteiger partial charge on any atom is 0.264 e. The highest BCUT2D eigenvalue weighted by Crippen LogP contribution is 2.32. The second-order valence-corrected chi connectivity index (χ2v) is 9.11. The normalized spacial score (nSPS) is 11.8. The third kappa shape index (κ3) is 6.51. The molecule has 35 heavy (non-hydrogen) atoms. The van der Waals surface area contributed by atoms with Crippen LogP contribution >= 0.6 is 0 Å². The van der Waals surface area contributed by atoms with Crippen molar-refractivity contribution < 1.29 is 22.7 Å². The van der Waals surface area contributed by atoms with Crippen LogP contribution in [0.3, 0.4) is 0 Å². The van der Waals surface area contributed by atoms with Gasteiger partial charge in [-0.1, -0.05) is 24.3 Å². The molecule has 0 aliphatic heterocycles. The van der Waals surface area contributed by atoms with Crippen LogP contribution in [0.1, 0.15) is 31.0 Å².